The van der Waals surface area contributed by atoms with Gasteiger partial charge in [-0.3, -0.25) is 4.98 Å². The molecule has 2 heterocycles. The van der Waals surface area contributed by atoms with Crippen molar-refractivity contribution < 1.29 is 13.2 Å². The zero-order valence-electron chi connectivity index (χ0n) is 15.5. The Hall–Kier alpha value is -3.48. The van der Waals surface area contributed by atoms with Crippen molar-refractivity contribution in [2.24, 2.45) is 0 Å². The van der Waals surface area contributed by atoms with Crippen molar-refractivity contribution in [3.8, 4) is 0 Å². The van der Waals surface area contributed by atoms with Crippen LogP contribution in [-0.2, 0) is 6.18 Å². The number of hydrogen-bond donors (Lipinski definition) is 1. The lowest BCUT2D eigenvalue weighted by molar-refractivity contribution is -0.137. The van der Waals surface area contributed by atoms with Crippen LogP contribution in [-0.4, -0.2) is 15.0 Å². The average molecular weight is 394 g/mol. The summed E-state index contributed by atoms with van der Waals surface area (Å²) in [5.41, 5.74) is 2.41. The monoisotopic (exact) mass is 394 g/mol. The Balaban J connectivity index is 1.77. The number of halogens is 3. The van der Waals surface area contributed by atoms with Crippen LogP contribution in [0, 0.1) is 6.92 Å². The van der Waals surface area contributed by atoms with Gasteiger partial charge in [0, 0.05) is 23.5 Å². The highest BCUT2D eigenvalue weighted by atomic mass is 19.4. The van der Waals surface area contributed by atoms with Crippen molar-refractivity contribution in [3.05, 3.63) is 95.4 Å². The van der Waals surface area contributed by atoms with Gasteiger partial charge in [-0.25, -0.2) is 9.97 Å². The number of aromatic nitrogens is 3. The van der Waals surface area contributed by atoms with Gasteiger partial charge in [-0.2, -0.15) is 13.2 Å². The highest BCUT2D eigenvalue weighted by Crippen LogP contribution is 2.32. The molecule has 0 aliphatic heterocycles. The first kappa shape index (κ1) is 18.9. The summed E-state index contributed by atoms with van der Waals surface area (Å²) in [4.78, 5) is 13.0. The molecule has 0 radical (unpaired) electrons. The maximum Gasteiger partial charge on any atom is 0.416 e. The van der Waals surface area contributed by atoms with E-state index in [1.165, 1.54) is 12.1 Å². The summed E-state index contributed by atoms with van der Waals surface area (Å²) < 4.78 is 38.9. The normalized spacial score (nSPS) is 12.7. The van der Waals surface area contributed by atoms with Crippen molar-refractivity contribution >= 4 is 16.9 Å². The molecule has 4 nitrogen and oxygen atoms in total. The third-order valence-corrected chi connectivity index (χ3v) is 4.60. The maximum atomic E-state index is 13.0. The quantitative estimate of drug-likeness (QED) is 0.493. The van der Waals surface area contributed by atoms with E-state index in [1.807, 2.05) is 37.3 Å². The summed E-state index contributed by atoms with van der Waals surface area (Å²) in [6, 6.07) is 16.0. The van der Waals surface area contributed by atoms with Crippen LogP contribution in [0.3, 0.4) is 0 Å². The predicted molar refractivity (Wildman–Crippen MR) is 105 cm³/mol. The number of fused-ring (bicyclic) bond motifs is 1. The van der Waals surface area contributed by atoms with Crippen molar-refractivity contribution in [2.75, 3.05) is 5.32 Å². The van der Waals surface area contributed by atoms with Crippen LogP contribution in [0.2, 0.25) is 0 Å². The number of aryl methyl sites for hydroxylation is 1. The summed E-state index contributed by atoms with van der Waals surface area (Å²) >= 11 is 0. The molecule has 0 amide bonds. The second kappa shape index (κ2) is 7.50. The molecule has 0 saturated heterocycles. The Morgan fingerprint density at radius 3 is 2.34 bits per heavy atom. The zero-order valence-corrected chi connectivity index (χ0v) is 15.5. The topological polar surface area (TPSA) is 50.7 Å². The van der Waals surface area contributed by atoms with Gasteiger partial charge in [-0.15, -0.1) is 0 Å². The van der Waals surface area contributed by atoms with E-state index in [-0.39, 0.29) is 0 Å². The number of nitrogens with zero attached hydrogens (tertiary/aromatic N) is 3. The number of benzene rings is 2. The molecule has 0 unspecified atom stereocenters. The molecule has 2 aromatic carbocycles. The minimum atomic E-state index is -4.38. The van der Waals surface area contributed by atoms with Gasteiger partial charge in [0.15, 0.2) is 0 Å². The molecule has 1 N–H and O–H groups in total. The summed E-state index contributed by atoms with van der Waals surface area (Å²) in [6.45, 7) is 1.85. The molecule has 0 fully saturated rings. The highest BCUT2D eigenvalue weighted by molar-refractivity contribution is 5.79. The average Bonchev–Trinajstić information content (AvgIpc) is 2.71. The van der Waals surface area contributed by atoms with E-state index in [9.17, 15) is 13.2 Å². The van der Waals surface area contributed by atoms with E-state index in [1.54, 1.807) is 18.5 Å². The van der Waals surface area contributed by atoms with Crippen LogP contribution < -0.4 is 5.32 Å². The Bertz CT molecular complexity index is 1140. The number of anilines is 1. The Morgan fingerprint density at radius 1 is 0.862 bits per heavy atom. The van der Waals surface area contributed by atoms with Gasteiger partial charge in [0.05, 0.1) is 17.1 Å². The van der Waals surface area contributed by atoms with Gasteiger partial charge in [0.2, 0.25) is 5.95 Å². The fraction of sp³-hybridized carbons (Fsp3) is 0.136. The fourth-order valence-corrected chi connectivity index (χ4v) is 3.13. The maximum absolute atomic E-state index is 13.0. The summed E-state index contributed by atoms with van der Waals surface area (Å²) in [5.74, 6) is 0.399. The molecule has 4 aromatic rings. The molecule has 1 atom stereocenters. The van der Waals surface area contributed by atoms with Gasteiger partial charge >= 0.3 is 6.18 Å². The standard InChI is InChI=1S/C22H17F3N4/c1-14-10-12-27-21(28-14)29-20(16-6-8-18(9-7-16)22(23,24)25)17-5-4-15-3-2-11-26-19(15)13-17/h2-13,20H,1H3,(H,27,28,29)/t20-/m0/s1. The van der Waals surface area contributed by atoms with E-state index >= 15 is 0 Å². The lowest BCUT2D eigenvalue weighted by Crippen LogP contribution is -2.15. The number of nitrogens with one attached hydrogen (secondary N) is 1. The lowest BCUT2D eigenvalue weighted by Gasteiger charge is -2.21. The summed E-state index contributed by atoms with van der Waals surface area (Å²) in [5, 5.41) is 4.22. The molecule has 0 aliphatic carbocycles. The molecule has 0 saturated carbocycles. The Morgan fingerprint density at radius 2 is 1.62 bits per heavy atom. The first-order chi connectivity index (χ1) is 13.9. The summed E-state index contributed by atoms with van der Waals surface area (Å²) in [6.07, 6.45) is -1.04. The van der Waals surface area contributed by atoms with Gasteiger partial charge < -0.3 is 5.32 Å². The fourth-order valence-electron chi connectivity index (χ4n) is 3.13. The largest absolute Gasteiger partial charge is 0.416 e. The Kier molecular flexibility index (Phi) is 4.88. The van der Waals surface area contributed by atoms with Crippen molar-refractivity contribution in [1.29, 1.82) is 0 Å². The van der Waals surface area contributed by atoms with E-state index in [2.05, 4.69) is 20.3 Å². The van der Waals surface area contributed by atoms with Gasteiger partial charge in [-0.1, -0.05) is 30.3 Å². The van der Waals surface area contributed by atoms with Crippen LogP contribution in [0.15, 0.2) is 73.1 Å². The van der Waals surface area contributed by atoms with Gasteiger partial charge in [-0.05, 0) is 48.4 Å². The van der Waals surface area contributed by atoms with Crippen LogP contribution >= 0.6 is 0 Å². The smallest absolute Gasteiger partial charge is 0.343 e. The molecule has 7 heteroatoms. The molecular weight excluding hydrogens is 377 g/mol. The highest BCUT2D eigenvalue weighted by Gasteiger charge is 2.30. The number of rotatable bonds is 4. The molecule has 4 rings (SSSR count). The molecule has 0 spiro atoms. The van der Waals surface area contributed by atoms with Gasteiger partial charge in [0.1, 0.15) is 0 Å². The summed E-state index contributed by atoms with van der Waals surface area (Å²) in [7, 11) is 0. The molecule has 29 heavy (non-hydrogen) atoms. The minimum absolute atomic E-state index is 0.399. The van der Waals surface area contributed by atoms with Crippen molar-refractivity contribution in [1.82, 2.24) is 15.0 Å². The van der Waals surface area contributed by atoms with Crippen LogP contribution in [0.25, 0.3) is 10.9 Å². The van der Waals surface area contributed by atoms with Gasteiger partial charge in [0.25, 0.3) is 0 Å². The van der Waals surface area contributed by atoms with E-state index in [0.717, 1.165) is 34.3 Å². The molecular formula is C22H17F3N4. The number of hydrogen-bond acceptors (Lipinski definition) is 4. The van der Waals surface area contributed by atoms with Crippen LogP contribution in [0.1, 0.15) is 28.4 Å². The second-order valence-corrected chi connectivity index (χ2v) is 6.67. The number of pyridine rings is 1. The third kappa shape index (κ3) is 4.18. The SMILES string of the molecule is Cc1ccnc(N[C@@H](c2ccc(C(F)(F)F)cc2)c2ccc3cccnc3c2)n1. The van der Waals surface area contributed by atoms with Crippen molar-refractivity contribution in [2.45, 2.75) is 19.1 Å². The molecule has 2 aromatic heterocycles. The van der Waals surface area contributed by atoms with Crippen LogP contribution in [0.4, 0.5) is 19.1 Å². The molecule has 146 valence electrons. The minimum Gasteiger partial charge on any atom is -0.343 e. The first-order valence-electron chi connectivity index (χ1n) is 8.98. The second-order valence-electron chi connectivity index (χ2n) is 6.67. The van der Waals surface area contributed by atoms with E-state index in [0.29, 0.717) is 11.5 Å². The zero-order chi connectivity index (χ0) is 20.4. The molecule has 0 bridgehead atoms. The van der Waals surface area contributed by atoms with Crippen molar-refractivity contribution in [3.63, 3.8) is 0 Å². The van der Waals surface area contributed by atoms with Crippen LogP contribution in [0.5, 0.6) is 0 Å². The van der Waals surface area contributed by atoms with E-state index in [4.69, 9.17) is 0 Å². The first-order valence-corrected chi connectivity index (χ1v) is 8.98. The lowest BCUT2D eigenvalue weighted by atomic mass is 9.96. The third-order valence-electron chi connectivity index (χ3n) is 4.60. The van der Waals surface area contributed by atoms with E-state index < -0.39 is 17.8 Å². The number of alkyl halides is 3. The predicted octanol–water partition coefficient (Wildman–Crippen LogP) is 5.55. The molecule has 0 aliphatic rings. The Labute approximate surface area is 165 Å².